The molecule has 0 N–H and O–H groups in total. The van der Waals surface area contributed by atoms with Crippen LogP contribution in [-0.4, -0.2) is 37.2 Å². The molecule has 0 rings (SSSR count). The van der Waals surface area contributed by atoms with Crippen molar-refractivity contribution in [1.29, 1.82) is 0 Å². The normalized spacial score (nSPS) is 12.7. The lowest BCUT2D eigenvalue weighted by atomic mass is 10.1. The number of hydrogen-bond donors (Lipinski definition) is 0. The number of allylic oxidation sites excluding steroid dienone is 14. The Morgan fingerprint density at radius 1 is 0.299 bits per heavy atom. The van der Waals surface area contributed by atoms with Gasteiger partial charge in [-0.2, -0.15) is 0 Å². The molecule has 0 unspecified atom stereocenters. The molecule has 0 bridgehead atoms. The van der Waals surface area contributed by atoms with Gasteiger partial charge in [0.25, 0.3) is 0 Å². The maximum atomic E-state index is 12.8. The van der Waals surface area contributed by atoms with E-state index in [2.05, 4.69) is 106 Å². The molecule has 6 heteroatoms. The third kappa shape index (κ3) is 53.4. The van der Waals surface area contributed by atoms with E-state index in [-0.39, 0.29) is 31.1 Å². The minimum Gasteiger partial charge on any atom is -0.462 e. The molecule has 0 aromatic heterocycles. The van der Waals surface area contributed by atoms with Gasteiger partial charge in [-0.1, -0.05) is 215 Å². The monoisotopic (exact) mass is 933 g/mol. The fourth-order valence-corrected chi connectivity index (χ4v) is 7.55. The molecule has 0 saturated carbocycles. The summed E-state index contributed by atoms with van der Waals surface area (Å²) in [7, 11) is 0. The number of esters is 3. The number of carbonyl (C=O) groups is 3. The minimum atomic E-state index is -0.800. The Balaban J connectivity index is 4.47. The summed E-state index contributed by atoms with van der Waals surface area (Å²) in [6.07, 6.45) is 71.3. The second-order valence-corrected chi connectivity index (χ2v) is 18.5. The number of ether oxygens (including phenoxy) is 3. The molecule has 0 spiro atoms. The van der Waals surface area contributed by atoms with Gasteiger partial charge in [0.15, 0.2) is 6.10 Å². The zero-order valence-corrected chi connectivity index (χ0v) is 43.9. The van der Waals surface area contributed by atoms with Gasteiger partial charge in [-0.05, 0) is 116 Å². The lowest BCUT2D eigenvalue weighted by molar-refractivity contribution is -0.167. The van der Waals surface area contributed by atoms with Gasteiger partial charge in [0.05, 0.1) is 0 Å². The Hall–Kier alpha value is -3.41. The standard InChI is InChI=1S/C61H104O6/c1-4-7-10-13-16-19-22-25-28-30-31-32-34-36-39-42-45-48-51-54-60(63)66-57-58(56-65-59(62)53-50-47-44-41-38-35-27-24-21-18-15-12-9-6-3)67-61(64)55-52-49-46-43-40-37-33-29-26-23-20-17-14-11-8-5-2/h15-16,18-19,24-25,27-29,31-33,36,39,58H,4-14,17,20-23,26,30,34-35,37-38,40-57H2,1-3H3/b18-15-,19-16-,27-24-,28-25-,32-31-,33-29-,39-36-/t58-/m1/s1. The van der Waals surface area contributed by atoms with Crippen molar-refractivity contribution in [2.45, 2.75) is 271 Å². The first-order chi connectivity index (χ1) is 33.0. The zero-order chi connectivity index (χ0) is 48.6. The summed E-state index contributed by atoms with van der Waals surface area (Å²) in [6, 6.07) is 0. The average Bonchev–Trinajstić information content (AvgIpc) is 3.33. The van der Waals surface area contributed by atoms with Crippen LogP contribution in [0.25, 0.3) is 0 Å². The van der Waals surface area contributed by atoms with E-state index in [1.807, 2.05) is 0 Å². The number of hydrogen-bond acceptors (Lipinski definition) is 6. The SMILES string of the molecule is CCCC/C=C\C/C=C\CCCCCCCC(=O)OC[C@H](COC(=O)CCCCC/C=C\C/C=C\C/C=C\C/C=C\CCCCC)OC(=O)CCCCCCC/C=C\CCCCCCCCC. The van der Waals surface area contributed by atoms with Crippen LogP contribution < -0.4 is 0 Å². The third-order valence-electron chi connectivity index (χ3n) is 11.8. The van der Waals surface area contributed by atoms with Gasteiger partial charge in [-0.3, -0.25) is 14.4 Å². The first kappa shape index (κ1) is 63.6. The van der Waals surface area contributed by atoms with Crippen LogP contribution in [0.3, 0.4) is 0 Å². The van der Waals surface area contributed by atoms with Crippen molar-refractivity contribution in [2.75, 3.05) is 13.2 Å². The number of rotatable bonds is 50. The van der Waals surface area contributed by atoms with E-state index in [1.54, 1.807) is 0 Å². The Bertz CT molecular complexity index is 1300. The summed E-state index contributed by atoms with van der Waals surface area (Å²) in [4.78, 5) is 38.1. The predicted molar refractivity (Wildman–Crippen MR) is 288 cm³/mol. The maximum absolute atomic E-state index is 12.8. The molecular weight excluding hydrogens is 829 g/mol. The van der Waals surface area contributed by atoms with Crippen LogP contribution in [0, 0.1) is 0 Å². The molecule has 384 valence electrons. The van der Waals surface area contributed by atoms with Crippen molar-refractivity contribution in [2.24, 2.45) is 0 Å². The van der Waals surface area contributed by atoms with Gasteiger partial charge in [0.1, 0.15) is 13.2 Å². The molecule has 0 fully saturated rings. The molecule has 0 aromatic carbocycles. The highest BCUT2D eigenvalue weighted by Crippen LogP contribution is 2.14. The third-order valence-corrected chi connectivity index (χ3v) is 11.8. The van der Waals surface area contributed by atoms with Crippen molar-refractivity contribution in [1.82, 2.24) is 0 Å². The second kappa shape index (κ2) is 55.2. The Labute approximate surface area is 414 Å². The maximum Gasteiger partial charge on any atom is 0.306 e. The van der Waals surface area contributed by atoms with Crippen LogP contribution in [0.15, 0.2) is 85.1 Å². The Morgan fingerprint density at radius 2 is 0.552 bits per heavy atom. The fraction of sp³-hybridized carbons (Fsp3) is 0.721. The van der Waals surface area contributed by atoms with E-state index >= 15 is 0 Å². The van der Waals surface area contributed by atoms with E-state index in [9.17, 15) is 14.4 Å². The summed E-state index contributed by atoms with van der Waals surface area (Å²) >= 11 is 0. The molecule has 0 saturated heterocycles. The molecule has 0 aliphatic heterocycles. The van der Waals surface area contributed by atoms with Crippen molar-refractivity contribution in [3.8, 4) is 0 Å². The molecule has 6 nitrogen and oxygen atoms in total. The smallest absolute Gasteiger partial charge is 0.306 e. The van der Waals surface area contributed by atoms with Crippen LogP contribution in [0.5, 0.6) is 0 Å². The quantitative estimate of drug-likeness (QED) is 0.0262. The molecule has 0 radical (unpaired) electrons. The highest BCUT2D eigenvalue weighted by molar-refractivity contribution is 5.71. The van der Waals surface area contributed by atoms with Crippen LogP contribution in [0.1, 0.15) is 265 Å². The van der Waals surface area contributed by atoms with Crippen LogP contribution in [-0.2, 0) is 28.6 Å². The second-order valence-electron chi connectivity index (χ2n) is 18.5. The molecular formula is C61H104O6. The molecule has 0 aromatic rings. The van der Waals surface area contributed by atoms with Gasteiger partial charge in [0.2, 0.25) is 0 Å². The van der Waals surface area contributed by atoms with Gasteiger partial charge in [-0.15, -0.1) is 0 Å². The molecule has 0 heterocycles. The summed E-state index contributed by atoms with van der Waals surface area (Å²) < 4.78 is 16.8. The first-order valence-electron chi connectivity index (χ1n) is 28.1. The molecule has 1 atom stereocenters. The van der Waals surface area contributed by atoms with E-state index in [1.165, 1.54) is 103 Å². The van der Waals surface area contributed by atoms with E-state index in [0.717, 1.165) is 122 Å². The van der Waals surface area contributed by atoms with Crippen molar-refractivity contribution >= 4 is 17.9 Å². The lowest BCUT2D eigenvalue weighted by Crippen LogP contribution is -2.30. The highest BCUT2D eigenvalue weighted by atomic mass is 16.6. The van der Waals surface area contributed by atoms with Gasteiger partial charge >= 0.3 is 17.9 Å². The van der Waals surface area contributed by atoms with Gasteiger partial charge < -0.3 is 14.2 Å². The van der Waals surface area contributed by atoms with E-state index in [4.69, 9.17) is 14.2 Å². The largest absolute Gasteiger partial charge is 0.462 e. The Morgan fingerprint density at radius 3 is 0.940 bits per heavy atom. The number of carbonyl (C=O) groups excluding carboxylic acids is 3. The zero-order valence-electron chi connectivity index (χ0n) is 43.9. The number of unbranched alkanes of at least 4 members (excludes halogenated alkanes) is 25. The molecule has 0 amide bonds. The minimum absolute atomic E-state index is 0.0977. The van der Waals surface area contributed by atoms with Gasteiger partial charge in [0, 0.05) is 19.3 Å². The average molecular weight is 933 g/mol. The van der Waals surface area contributed by atoms with Crippen LogP contribution >= 0.6 is 0 Å². The van der Waals surface area contributed by atoms with Crippen LogP contribution in [0.4, 0.5) is 0 Å². The van der Waals surface area contributed by atoms with Crippen molar-refractivity contribution in [3.63, 3.8) is 0 Å². The van der Waals surface area contributed by atoms with E-state index < -0.39 is 6.10 Å². The summed E-state index contributed by atoms with van der Waals surface area (Å²) in [6.45, 7) is 6.53. The van der Waals surface area contributed by atoms with Crippen molar-refractivity contribution < 1.29 is 28.6 Å². The predicted octanol–water partition coefficient (Wildman–Crippen LogP) is 18.8. The Kier molecular flexibility index (Phi) is 52.4. The summed E-state index contributed by atoms with van der Waals surface area (Å²) in [5.74, 6) is -0.947. The molecule has 0 aliphatic rings. The van der Waals surface area contributed by atoms with Crippen molar-refractivity contribution in [3.05, 3.63) is 85.1 Å². The van der Waals surface area contributed by atoms with E-state index in [0.29, 0.717) is 19.3 Å². The van der Waals surface area contributed by atoms with Crippen LogP contribution in [0.2, 0.25) is 0 Å². The first-order valence-corrected chi connectivity index (χ1v) is 28.1. The highest BCUT2D eigenvalue weighted by Gasteiger charge is 2.19. The fourth-order valence-electron chi connectivity index (χ4n) is 7.55. The lowest BCUT2D eigenvalue weighted by Gasteiger charge is -2.18. The molecule has 67 heavy (non-hydrogen) atoms. The topological polar surface area (TPSA) is 78.9 Å². The summed E-state index contributed by atoms with van der Waals surface area (Å²) in [5, 5.41) is 0. The van der Waals surface area contributed by atoms with Gasteiger partial charge in [-0.25, -0.2) is 0 Å². The summed E-state index contributed by atoms with van der Waals surface area (Å²) in [5.41, 5.74) is 0. The molecule has 0 aliphatic carbocycles.